The van der Waals surface area contributed by atoms with Crippen molar-refractivity contribution in [2.45, 2.75) is 4.90 Å². The second kappa shape index (κ2) is 5.52. The van der Waals surface area contributed by atoms with Crippen LogP contribution in [0.15, 0.2) is 59.5 Å². The van der Waals surface area contributed by atoms with Crippen LogP contribution in [0.2, 0.25) is 0 Å². The summed E-state index contributed by atoms with van der Waals surface area (Å²) in [5.41, 5.74) is 1.87. The van der Waals surface area contributed by atoms with Crippen LogP contribution in [0.3, 0.4) is 0 Å². The van der Waals surface area contributed by atoms with Gasteiger partial charge in [0, 0.05) is 0 Å². The standard InChI is InChI=1S/C12H10O3S.Li/c13-16(14,15)12-8-6-11(7-9-12)10-4-2-1-3-5-10;/h1-9H,(H,13,14,15);/q;+1/p-1. The summed E-state index contributed by atoms with van der Waals surface area (Å²) in [5, 5.41) is 0. The van der Waals surface area contributed by atoms with Gasteiger partial charge in [0.1, 0.15) is 10.1 Å². The Morgan fingerprint density at radius 2 is 1.24 bits per heavy atom. The van der Waals surface area contributed by atoms with Crippen molar-refractivity contribution in [1.82, 2.24) is 0 Å². The molecule has 0 heterocycles. The second-order valence-electron chi connectivity index (χ2n) is 3.34. The van der Waals surface area contributed by atoms with Crippen LogP contribution in [0.25, 0.3) is 11.1 Å². The van der Waals surface area contributed by atoms with E-state index in [1.165, 1.54) is 12.1 Å². The molecule has 3 nitrogen and oxygen atoms in total. The van der Waals surface area contributed by atoms with Crippen molar-refractivity contribution >= 4 is 10.1 Å². The van der Waals surface area contributed by atoms with Gasteiger partial charge in [-0.25, -0.2) is 8.42 Å². The molecule has 0 saturated carbocycles. The molecule has 0 atom stereocenters. The second-order valence-corrected chi connectivity index (χ2v) is 4.72. The predicted molar refractivity (Wildman–Crippen MR) is 59.8 cm³/mol. The molecule has 2 rings (SSSR count). The Morgan fingerprint density at radius 1 is 0.765 bits per heavy atom. The van der Waals surface area contributed by atoms with Crippen LogP contribution in [0.1, 0.15) is 0 Å². The molecule has 2 aromatic rings. The van der Waals surface area contributed by atoms with E-state index in [-0.39, 0.29) is 23.8 Å². The predicted octanol–water partition coefficient (Wildman–Crippen LogP) is -0.738. The minimum atomic E-state index is -4.35. The molecule has 82 valence electrons. The molecule has 0 aliphatic rings. The quantitative estimate of drug-likeness (QED) is 0.513. The molecule has 0 unspecified atom stereocenters. The first-order chi connectivity index (χ1) is 7.57. The molecule has 0 amide bonds. The Hall–Kier alpha value is -1.05. The number of rotatable bonds is 2. The average Bonchev–Trinajstić information content (AvgIpc) is 2.29. The van der Waals surface area contributed by atoms with Gasteiger partial charge in [-0.15, -0.1) is 0 Å². The zero-order chi connectivity index (χ0) is 11.6. The molecular formula is C12H9LiO3S. The minimum absolute atomic E-state index is 0. The average molecular weight is 240 g/mol. The minimum Gasteiger partial charge on any atom is -0.744 e. The van der Waals surface area contributed by atoms with E-state index in [4.69, 9.17) is 0 Å². The molecule has 0 aliphatic carbocycles. The van der Waals surface area contributed by atoms with Gasteiger partial charge in [0.15, 0.2) is 0 Å². The summed E-state index contributed by atoms with van der Waals surface area (Å²) < 4.78 is 32.2. The molecule has 0 aromatic heterocycles. The zero-order valence-corrected chi connectivity index (χ0v) is 10.1. The molecule has 0 spiro atoms. The zero-order valence-electron chi connectivity index (χ0n) is 9.33. The molecule has 5 heteroatoms. The summed E-state index contributed by atoms with van der Waals surface area (Å²) in [6, 6.07) is 15.4. The molecule has 0 bridgehead atoms. The Labute approximate surface area is 112 Å². The van der Waals surface area contributed by atoms with Gasteiger partial charge in [0.05, 0.1) is 4.90 Å². The Balaban J connectivity index is 0.00000144. The van der Waals surface area contributed by atoms with Crippen molar-refractivity contribution in [3.63, 3.8) is 0 Å². The summed E-state index contributed by atoms with van der Waals surface area (Å²) >= 11 is 0. The maximum atomic E-state index is 10.7. The van der Waals surface area contributed by atoms with E-state index in [0.717, 1.165) is 11.1 Å². The van der Waals surface area contributed by atoms with E-state index in [2.05, 4.69) is 0 Å². The van der Waals surface area contributed by atoms with Crippen LogP contribution in [0.5, 0.6) is 0 Å². The first-order valence-corrected chi connectivity index (χ1v) is 6.09. The van der Waals surface area contributed by atoms with Crippen LogP contribution < -0.4 is 18.9 Å². The maximum absolute atomic E-state index is 10.7. The molecule has 0 aliphatic heterocycles. The SMILES string of the molecule is O=S(=O)([O-])c1ccc(-c2ccccc2)cc1.[Li+]. The monoisotopic (exact) mass is 240 g/mol. The summed E-state index contributed by atoms with van der Waals surface area (Å²) in [6.45, 7) is 0. The topological polar surface area (TPSA) is 57.2 Å². The van der Waals surface area contributed by atoms with Gasteiger partial charge in [-0.05, 0) is 23.3 Å². The van der Waals surface area contributed by atoms with Crippen molar-refractivity contribution in [3.8, 4) is 11.1 Å². The van der Waals surface area contributed by atoms with E-state index in [9.17, 15) is 13.0 Å². The Bertz CT molecular complexity index is 577. The van der Waals surface area contributed by atoms with Gasteiger partial charge in [0.25, 0.3) is 0 Å². The molecule has 17 heavy (non-hydrogen) atoms. The maximum Gasteiger partial charge on any atom is 1.00 e. The molecule has 2 aromatic carbocycles. The fourth-order valence-electron chi connectivity index (χ4n) is 1.44. The van der Waals surface area contributed by atoms with E-state index in [1.54, 1.807) is 12.1 Å². The van der Waals surface area contributed by atoms with Gasteiger partial charge >= 0.3 is 18.9 Å². The van der Waals surface area contributed by atoms with E-state index >= 15 is 0 Å². The van der Waals surface area contributed by atoms with Crippen LogP contribution in [0.4, 0.5) is 0 Å². The largest absolute Gasteiger partial charge is 1.00 e. The fraction of sp³-hybridized carbons (Fsp3) is 0. The van der Waals surface area contributed by atoms with Gasteiger partial charge in [-0.3, -0.25) is 0 Å². The molecular weight excluding hydrogens is 231 g/mol. The summed E-state index contributed by atoms with van der Waals surface area (Å²) in [6.07, 6.45) is 0. The van der Waals surface area contributed by atoms with Gasteiger partial charge in [-0.2, -0.15) is 0 Å². The van der Waals surface area contributed by atoms with Crippen LogP contribution >= 0.6 is 0 Å². The normalized spacial score (nSPS) is 10.6. The van der Waals surface area contributed by atoms with Crippen LogP contribution in [0, 0.1) is 0 Å². The van der Waals surface area contributed by atoms with Crippen LogP contribution in [-0.2, 0) is 10.1 Å². The van der Waals surface area contributed by atoms with Crippen molar-refractivity contribution < 1.29 is 31.8 Å². The summed E-state index contributed by atoms with van der Waals surface area (Å²) in [5.74, 6) is 0. The van der Waals surface area contributed by atoms with E-state index in [1.807, 2.05) is 30.3 Å². The number of benzene rings is 2. The van der Waals surface area contributed by atoms with E-state index < -0.39 is 10.1 Å². The Morgan fingerprint density at radius 3 is 1.71 bits per heavy atom. The third kappa shape index (κ3) is 3.45. The molecule has 0 saturated heterocycles. The van der Waals surface area contributed by atoms with Crippen molar-refractivity contribution in [2.24, 2.45) is 0 Å². The number of hydrogen-bond acceptors (Lipinski definition) is 3. The molecule has 0 radical (unpaired) electrons. The third-order valence-electron chi connectivity index (χ3n) is 2.25. The first kappa shape index (κ1) is 14.0. The van der Waals surface area contributed by atoms with Gasteiger partial charge < -0.3 is 4.55 Å². The van der Waals surface area contributed by atoms with Gasteiger partial charge in [0.2, 0.25) is 0 Å². The fourth-order valence-corrected chi connectivity index (χ4v) is 1.91. The molecule has 0 N–H and O–H groups in total. The van der Waals surface area contributed by atoms with Crippen molar-refractivity contribution in [2.75, 3.05) is 0 Å². The molecule has 0 fully saturated rings. The van der Waals surface area contributed by atoms with Crippen LogP contribution in [-0.4, -0.2) is 13.0 Å². The smallest absolute Gasteiger partial charge is 0.744 e. The summed E-state index contributed by atoms with van der Waals surface area (Å²) in [7, 11) is -4.35. The van der Waals surface area contributed by atoms with E-state index in [0.29, 0.717) is 0 Å². The van der Waals surface area contributed by atoms with Crippen molar-refractivity contribution in [1.29, 1.82) is 0 Å². The third-order valence-corrected chi connectivity index (χ3v) is 3.10. The van der Waals surface area contributed by atoms with Gasteiger partial charge in [-0.1, -0.05) is 42.5 Å². The summed E-state index contributed by atoms with van der Waals surface area (Å²) in [4.78, 5) is -0.202. The van der Waals surface area contributed by atoms with Crippen molar-refractivity contribution in [3.05, 3.63) is 54.6 Å². The number of hydrogen-bond donors (Lipinski definition) is 0. The first-order valence-electron chi connectivity index (χ1n) is 4.69. The Kier molecular flexibility index (Phi) is 4.55.